The van der Waals surface area contributed by atoms with Gasteiger partial charge in [-0.05, 0) is 63.7 Å². The predicted octanol–water partition coefficient (Wildman–Crippen LogP) is 3.89. The summed E-state index contributed by atoms with van der Waals surface area (Å²) < 4.78 is 14.3. The van der Waals surface area contributed by atoms with E-state index in [1.807, 2.05) is 0 Å². The van der Waals surface area contributed by atoms with E-state index in [0.717, 1.165) is 11.1 Å². The minimum Gasteiger partial charge on any atom is -0.271 e. The van der Waals surface area contributed by atoms with Crippen LogP contribution in [0.15, 0.2) is 29.6 Å². The lowest BCUT2D eigenvalue weighted by molar-refractivity contribution is 0.552. The van der Waals surface area contributed by atoms with Gasteiger partial charge in [-0.1, -0.05) is 17.7 Å². The zero-order valence-corrected chi connectivity index (χ0v) is 13.0. The first-order chi connectivity index (χ1) is 8.60. The van der Waals surface area contributed by atoms with Gasteiger partial charge in [0.05, 0.1) is 13.9 Å². The molecule has 0 aliphatic carbocycles. The Morgan fingerprint density at radius 1 is 1.44 bits per heavy atom. The Balaban J connectivity index is 2.17. The Labute approximate surface area is 127 Å². The quantitative estimate of drug-likeness (QED) is 0.467. The molecule has 0 aliphatic rings. The lowest BCUT2D eigenvalue weighted by Gasteiger charge is -2.14. The van der Waals surface area contributed by atoms with Crippen molar-refractivity contribution in [3.05, 3.63) is 54.5 Å². The van der Waals surface area contributed by atoms with Crippen molar-refractivity contribution in [1.29, 1.82) is 0 Å². The topological polar surface area (TPSA) is 38.0 Å². The van der Waals surface area contributed by atoms with Crippen LogP contribution in [0.25, 0.3) is 0 Å². The molecule has 2 aromatic rings. The van der Waals surface area contributed by atoms with E-state index in [1.165, 1.54) is 8.95 Å². The van der Waals surface area contributed by atoms with E-state index in [4.69, 9.17) is 17.4 Å². The number of rotatable bonds is 4. The summed E-state index contributed by atoms with van der Waals surface area (Å²) in [6, 6.07) is 6.83. The molecule has 96 valence electrons. The van der Waals surface area contributed by atoms with Crippen molar-refractivity contribution in [3.63, 3.8) is 0 Å². The van der Waals surface area contributed by atoms with E-state index in [-0.39, 0.29) is 11.1 Å². The van der Waals surface area contributed by atoms with E-state index in [9.17, 15) is 4.39 Å². The van der Waals surface area contributed by atoms with Gasteiger partial charge in [-0.3, -0.25) is 11.3 Å². The van der Waals surface area contributed by atoms with Crippen molar-refractivity contribution in [1.82, 2.24) is 5.43 Å². The number of nitrogens with one attached hydrogen (secondary N) is 1. The van der Waals surface area contributed by atoms with Gasteiger partial charge >= 0.3 is 0 Å². The molecule has 1 atom stereocenters. The average molecular weight is 397 g/mol. The number of benzene rings is 1. The Kier molecular flexibility index (Phi) is 4.97. The highest BCUT2D eigenvalue weighted by atomic mass is 127. The standard InChI is InChI=1S/C12H11ClFIN2S/c13-9-3-7(1-2-10(9)14)4-11(17-16)8-5-12(15)18-6-8/h1-3,5-6,11,17H,4,16H2. The highest BCUT2D eigenvalue weighted by Gasteiger charge is 2.13. The molecule has 2 rings (SSSR count). The van der Waals surface area contributed by atoms with Crippen LogP contribution in [0.3, 0.4) is 0 Å². The van der Waals surface area contributed by atoms with Crippen molar-refractivity contribution in [2.75, 3.05) is 0 Å². The number of hydrogen-bond acceptors (Lipinski definition) is 3. The Morgan fingerprint density at radius 2 is 2.22 bits per heavy atom. The lowest BCUT2D eigenvalue weighted by Crippen LogP contribution is -2.29. The summed E-state index contributed by atoms with van der Waals surface area (Å²) in [5, 5.41) is 2.21. The maximum absolute atomic E-state index is 13.1. The maximum atomic E-state index is 13.1. The molecule has 0 bridgehead atoms. The van der Waals surface area contributed by atoms with Crippen molar-refractivity contribution in [3.8, 4) is 0 Å². The maximum Gasteiger partial charge on any atom is 0.141 e. The monoisotopic (exact) mass is 396 g/mol. The summed E-state index contributed by atoms with van der Waals surface area (Å²) in [6.45, 7) is 0. The minimum atomic E-state index is -0.400. The van der Waals surface area contributed by atoms with Crippen LogP contribution in [-0.2, 0) is 6.42 Å². The van der Waals surface area contributed by atoms with Gasteiger partial charge in [0.1, 0.15) is 5.82 Å². The molecule has 2 nitrogen and oxygen atoms in total. The largest absolute Gasteiger partial charge is 0.271 e. The molecule has 0 saturated heterocycles. The van der Waals surface area contributed by atoms with Crippen molar-refractivity contribution in [2.24, 2.45) is 5.84 Å². The van der Waals surface area contributed by atoms with Crippen LogP contribution in [0.4, 0.5) is 4.39 Å². The number of nitrogens with two attached hydrogens (primary N) is 1. The van der Waals surface area contributed by atoms with Crippen molar-refractivity contribution in [2.45, 2.75) is 12.5 Å². The third kappa shape index (κ3) is 3.42. The molecule has 0 radical (unpaired) electrons. The number of hydrogen-bond donors (Lipinski definition) is 2. The summed E-state index contributed by atoms with van der Waals surface area (Å²) >= 11 is 9.70. The zero-order chi connectivity index (χ0) is 13.1. The molecule has 1 aromatic carbocycles. The van der Waals surface area contributed by atoms with Crippen LogP contribution in [-0.4, -0.2) is 0 Å². The van der Waals surface area contributed by atoms with E-state index in [1.54, 1.807) is 23.5 Å². The minimum absolute atomic E-state index is 0.00583. The Bertz CT molecular complexity index is 547. The molecule has 0 amide bonds. The van der Waals surface area contributed by atoms with Gasteiger partial charge in [-0.15, -0.1) is 11.3 Å². The Morgan fingerprint density at radius 3 is 2.78 bits per heavy atom. The summed E-state index contributed by atoms with van der Waals surface area (Å²) in [7, 11) is 0. The molecule has 1 heterocycles. The van der Waals surface area contributed by atoms with Gasteiger partial charge in [-0.2, -0.15) is 0 Å². The molecule has 3 N–H and O–H groups in total. The SMILES string of the molecule is NNC(Cc1ccc(F)c(Cl)c1)c1csc(I)c1. The summed E-state index contributed by atoms with van der Waals surface area (Å²) in [4.78, 5) is 0. The number of thiophene rings is 1. The van der Waals surface area contributed by atoms with Gasteiger partial charge < -0.3 is 0 Å². The van der Waals surface area contributed by atoms with Gasteiger partial charge in [0.15, 0.2) is 0 Å². The molecule has 1 aromatic heterocycles. The fraction of sp³-hybridized carbons (Fsp3) is 0.167. The number of hydrazine groups is 1. The molecule has 0 spiro atoms. The molecule has 0 saturated carbocycles. The molecular weight excluding hydrogens is 386 g/mol. The van der Waals surface area contributed by atoms with Crippen LogP contribution in [0.1, 0.15) is 17.2 Å². The third-order valence-electron chi connectivity index (χ3n) is 2.62. The van der Waals surface area contributed by atoms with E-state index in [0.29, 0.717) is 6.42 Å². The molecule has 0 fully saturated rings. The van der Waals surface area contributed by atoms with E-state index in [2.05, 4.69) is 39.5 Å². The van der Waals surface area contributed by atoms with Crippen LogP contribution in [0, 0.1) is 8.70 Å². The second-order valence-electron chi connectivity index (χ2n) is 3.86. The highest BCUT2D eigenvalue weighted by molar-refractivity contribution is 14.1. The molecule has 18 heavy (non-hydrogen) atoms. The van der Waals surface area contributed by atoms with E-state index < -0.39 is 5.82 Å². The van der Waals surface area contributed by atoms with Crippen molar-refractivity contribution < 1.29 is 4.39 Å². The third-order valence-corrected chi connectivity index (χ3v) is 4.71. The highest BCUT2D eigenvalue weighted by Crippen LogP contribution is 2.26. The van der Waals surface area contributed by atoms with Crippen LogP contribution in [0.2, 0.25) is 5.02 Å². The van der Waals surface area contributed by atoms with Gasteiger partial charge in [0.25, 0.3) is 0 Å². The van der Waals surface area contributed by atoms with Gasteiger partial charge in [0.2, 0.25) is 0 Å². The smallest absolute Gasteiger partial charge is 0.141 e. The summed E-state index contributed by atoms with van der Waals surface area (Å²) in [6.07, 6.45) is 0.670. The molecule has 0 aliphatic heterocycles. The second-order valence-corrected chi connectivity index (χ2v) is 7.07. The van der Waals surface area contributed by atoms with Gasteiger partial charge in [0, 0.05) is 0 Å². The molecule has 6 heteroatoms. The first-order valence-corrected chi connectivity index (χ1v) is 7.58. The first-order valence-electron chi connectivity index (χ1n) is 5.24. The van der Waals surface area contributed by atoms with Crippen molar-refractivity contribution >= 4 is 45.5 Å². The second kappa shape index (κ2) is 6.29. The zero-order valence-electron chi connectivity index (χ0n) is 9.29. The molecule has 1 unspecified atom stereocenters. The van der Waals surface area contributed by atoms with Crippen LogP contribution < -0.4 is 11.3 Å². The predicted molar refractivity (Wildman–Crippen MR) is 82.2 cm³/mol. The van der Waals surface area contributed by atoms with E-state index >= 15 is 0 Å². The van der Waals surface area contributed by atoms with Gasteiger partial charge in [-0.25, -0.2) is 4.39 Å². The number of halogens is 3. The van der Waals surface area contributed by atoms with Crippen LogP contribution >= 0.6 is 45.5 Å². The molecular formula is C12H11ClFIN2S. The fourth-order valence-corrected chi connectivity index (χ4v) is 3.31. The fourth-order valence-electron chi connectivity index (χ4n) is 1.68. The van der Waals surface area contributed by atoms with Crippen LogP contribution in [0.5, 0.6) is 0 Å². The first kappa shape index (κ1) is 14.2. The average Bonchev–Trinajstić information content (AvgIpc) is 2.77. The Hall–Kier alpha value is -0.210. The normalized spacial score (nSPS) is 12.7. The summed E-state index contributed by atoms with van der Waals surface area (Å²) in [5.41, 5.74) is 4.86. The summed E-state index contributed by atoms with van der Waals surface area (Å²) in [5.74, 6) is 5.17. The lowest BCUT2D eigenvalue weighted by atomic mass is 10.0.